The first-order chi connectivity index (χ1) is 14.6. The Morgan fingerprint density at radius 2 is 2.03 bits per heavy atom. The second kappa shape index (κ2) is 11.3. The van der Waals surface area contributed by atoms with Gasteiger partial charge in [-0.2, -0.15) is 5.26 Å². The number of ether oxygens (including phenoxy) is 1. The molecule has 0 saturated heterocycles. The van der Waals surface area contributed by atoms with Crippen LogP contribution in [-0.2, 0) is 0 Å². The second-order valence-electron chi connectivity index (χ2n) is 6.43. The van der Waals surface area contributed by atoms with E-state index in [4.69, 9.17) is 4.74 Å². The molecule has 2 aromatic rings. The molecule has 0 aliphatic carbocycles. The monoisotopic (exact) mass is 398 g/mol. The predicted octanol–water partition coefficient (Wildman–Crippen LogP) is 5.25. The van der Waals surface area contributed by atoms with Gasteiger partial charge in [0.05, 0.1) is 12.7 Å². The van der Waals surface area contributed by atoms with Crippen LogP contribution < -0.4 is 4.74 Å². The lowest BCUT2D eigenvalue weighted by Crippen LogP contribution is -2.22. The third kappa shape index (κ3) is 4.98. The van der Waals surface area contributed by atoms with Gasteiger partial charge in [0, 0.05) is 49.4 Å². The highest BCUT2D eigenvalue weighted by Crippen LogP contribution is 2.40. The minimum Gasteiger partial charge on any atom is -0.495 e. The van der Waals surface area contributed by atoms with E-state index >= 15 is 0 Å². The van der Waals surface area contributed by atoms with Crippen molar-refractivity contribution in [3.8, 4) is 11.8 Å². The second-order valence-corrected chi connectivity index (χ2v) is 6.43. The third-order valence-electron chi connectivity index (χ3n) is 4.82. The number of hydrogen-bond acceptors (Lipinski definition) is 5. The summed E-state index contributed by atoms with van der Waals surface area (Å²) < 4.78 is 5.33. The van der Waals surface area contributed by atoms with Crippen LogP contribution in [0.15, 0.2) is 89.8 Å². The van der Waals surface area contributed by atoms with Gasteiger partial charge in [-0.05, 0) is 47.9 Å². The summed E-state index contributed by atoms with van der Waals surface area (Å²) in [5.41, 5.74) is 4.10. The quantitative estimate of drug-likeness (QED) is 0.542. The number of hydrogen-bond donors (Lipinski definition) is 0. The number of rotatable bonds is 9. The van der Waals surface area contributed by atoms with Crippen LogP contribution in [0, 0.1) is 11.3 Å². The van der Waals surface area contributed by atoms with Crippen molar-refractivity contribution >= 4 is 11.9 Å². The first kappa shape index (κ1) is 22.5. The molecule has 0 bridgehead atoms. The molecule has 0 fully saturated rings. The van der Waals surface area contributed by atoms with E-state index in [0.717, 1.165) is 22.4 Å². The van der Waals surface area contributed by atoms with Crippen molar-refractivity contribution < 1.29 is 4.74 Å². The first-order valence-electron chi connectivity index (χ1n) is 9.52. The number of nitrogens with zero attached hydrogens (tertiary/aromatic N) is 4. The Morgan fingerprint density at radius 1 is 1.23 bits per heavy atom. The van der Waals surface area contributed by atoms with Gasteiger partial charge in [-0.3, -0.25) is 15.0 Å². The topological polar surface area (TPSA) is 70.6 Å². The van der Waals surface area contributed by atoms with Crippen LogP contribution in [0.1, 0.15) is 35.4 Å². The van der Waals surface area contributed by atoms with Crippen molar-refractivity contribution in [2.45, 2.75) is 18.8 Å². The number of nitriles is 1. The van der Waals surface area contributed by atoms with Crippen molar-refractivity contribution in [3.05, 3.63) is 96.5 Å². The Labute approximate surface area is 178 Å². The van der Waals surface area contributed by atoms with E-state index in [-0.39, 0.29) is 11.8 Å². The molecular formula is C25H26N4O. The van der Waals surface area contributed by atoms with Gasteiger partial charge in [0.15, 0.2) is 0 Å². The van der Waals surface area contributed by atoms with Crippen LogP contribution >= 0.6 is 0 Å². The molecule has 0 radical (unpaired) electrons. The lowest BCUT2D eigenvalue weighted by Gasteiger charge is -2.29. The van der Waals surface area contributed by atoms with E-state index in [1.807, 2.05) is 49.7 Å². The molecule has 0 N–H and O–H groups in total. The van der Waals surface area contributed by atoms with Crippen LogP contribution in [0.5, 0.6) is 5.75 Å². The van der Waals surface area contributed by atoms with Gasteiger partial charge >= 0.3 is 0 Å². The Morgan fingerprint density at radius 3 is 2.57 bits per heavy atom. The normalized spacial score (nSPS) is 14.1. The zero-order valence-electron chi connectivity index (χ0n) is 17.6. The maximum Gasteiger partial charge on any atom is 0.136 e. The van der Waals surface area contributed by atoms with E-state index in [1.165, 1.54) is 6.20 Å². The fourth-order valence-corrected chi connectivity index (χ4v) is 3.53. The summed E-state index contributed by atoms with van der Waals surface area (Å²) in [6, 6.07) is 11.7. The number of benzene rings is 1. The molecule has 2 rings (SSSR count). The maximum absolute atomic E-state index is 9.61. The SMILES string of the molecule is C=C/N=C(\C=C)C(c1ccc(OC)c(C#N)c1)C(C(/C=N\C)=C/C)c1cccnc1. The average Bonchev–Trinajstić information content (AvgIpc) is 2.80. The minimum absolute atomic E-state index is 0.149. The summed E-state index contributed by atoms with van der Waals surface area (Å²) >= 11 is 0. The van der Waals surface area contributed by atoms with Crippen LogP contribution in [0.4, 0.5) is 0 Å². The zero-order chi connectivity index (χ0) is 21.9. The number of aliphatic imine (C=N–C) groups is 2. The Hall–Kier alpha value is -3.78. The summed E-state index contributed by atoms with van der Waals surface area (Å²) in [4.78, 5) is 13.1. The van der Waals surface area contributed by atoms with Crippen molar-refractivity contribution in [1.29, 1.82) is 5.26 Å². The third-order valence-corrected chi connectivity index (χ3v) is 4.82. The van der Waals surface area contributed by atoms with E-state index in [0.29, 0.717) is 11.3 Å². The molecule has 5 heteroatoms. The summed E-state index contributed by atoms with van der Waals surface area (Å²) in [7, 11) is 3.29. The van der Waals surface area contributed by atoms with Crippen LogP contribution in [0.25, 0.3) is 0 Å². The minimum atomic E-state index is -0.244. The largest absolute Gasteiger partial charge is 0.495 e. The van der Waals surface area contributed by atoms with Gasteiger partial charge in [0.2, 0.25) is 0 Å². The van der Waals surface area contributed by atoms with Crippen LogP contribution in [0.3, 0.4) is 0 Å². The predicted molar refractivity (Wildman–Crippen MR) is 123 cm³/mol. The van der Waals surface area contributed by atoms with Crippen molar-refractivity contribution in [2.75, 3.05) is 14.2 Å². The average molecular weight is 399 g/mol. The van der Waals surface area contributed by atoms with E-state index in [2.05, 4.69) is 34.2 Å². The molecule has 2 unspecified atom stereocenters. The van der Waals surface area contributed by atoms with Crippen LogP contribution in [0.2, 0.25) is 0 Å². The highest BCUT2D eigenvalue weighted by molar-refractivity contribution is 6.02. The van der Waals surface area contributed by atoms with Crippen molar-refractivity contribution in [2.24, 2.45) is 9.98 Å². The summed E-state index contributed by atoms with van der Waals surface area (Å²) in [6.07, 6.45) is 10.7. The molecule has 152 valence electrons. The van der Waals surface area contributed by atoms with Crippen molar-refractivity contribution in [3.63, 3.8) is 0 Å². The number of methoxy groups -OCH3 is 1. The fraction of sp³-hybridized carbons (Fsp3) is 0.200. The zero-order valence-corrected chi connectivity index (χ0v) is 17.6. The summed E-state index contributed by atoms with van der Waals surface area (Å²) in [5, 5.41) is 9.61. The molecule has 2 atom stereocenters. The Kier molecular flexibility index (Phi) is 8.46. The number of allylic oxidation sites excluding steroid dienone is 3. The molecule has 0 saturated carbocycles. The Balaban J connectivity index is 2.84. The van der Waals surface area contributed by atoms with Gasteiger partial charge < -0.3 is 4.74 Å². The highest BCUT2D eigenvalue weighted by Gasteiger charge is 2.31. The van der Waals surface area contributed by atoms with Gasteiger partial charge in [-0.25, -0.2) is 0 Å². The van der Waals surface area contributed by atoms with Gasteiger partial charge in [0.25, 0.3) is 0 Å². The van der Waals surface area contributed by atoms with Gasteiger partial charge in [-0.15, -0.1) is 0 Å². The summed E-state index contributed by atoms with van der Waals surface area (Å²) in [6.45, 7) is 9.71. The summed E-state index contributed by atoms with van der Waals surface area (Å²) in [5.74, 6) is 0.135. The molecule has 30 heavy (non-hydrogen) atoms. The van der Waals surface area contributed by atoms with Gasteiger partial charge in [0.1, 0.15) is 11.8 Å². The molecule has 1 aromatic carbocycles. The van der Waals surface area contributed by atoms with Crippen molar-refractivity contribution in [1.82, 2.24) is 4.98 Å². The van der Waals surface area contributed by atoms with Crippen LogP contribution in [-0.4, -0.2) is 31.1 Å². The highest BCUT2D eigenvalue weighted by atomic mass is 16.5. The molecule has 1 aromatic heterocycles. The molecule has 0 amide bonds. The van der Waals surface area contributed by atoms with E-state index in [9.17, 15) is 5.26 Å². The number of pyridine rings is 1. The number of aromatic nitrogens is 1. The Bertz CT molecular complexity index is 1010. The standard InChI is InChI=1S/C25H26N4O/c1-6-18(16-27-4)24(20-10-9-13-28-17-20)25(22(7-2)29-8-3)19-11-12-23(30-5)21(14-19)15-26/h6-14,16-17,24-25H,2-3H2,1,4-5H3/b18-6+,27-16-,29-22+. The molecule has 1 heterocycles. The van der Waals surface area contributed by atoms with E-state index in [1.54, 1.807) is 32.5 Å². The molecular weight excluding hydrogens is 372 g/mol. The smallest absolute Gasteiger partial charge is 0.136 e. The lowest BCUT2D eigenvalue weighted by atomic mass is 9.74. The molecule has 0 aliphatic heterocycles. The van der Waals surface area contributed by atoms with E-state index < -0.39 is 0 Å². The first-order valence-corrected chi connectivity index (χ1v) is 9.52. The maximum atomic E-state index is 9.61. The molecule has 0 spiro atoms. The van der Waals surface area contributed by atoms with Gasteiger partial charge in [-0.1, -0.05) is 31.4 Å². The molecule has 0 aliphatic rings. The molecule has 5 nitrogen and oxygen atoms in total. The lowest BCUT2D eigenvalue weighted by molar-refractivity contribution is 0.413. The fourth-order valence-electron chi connectivity index (χ4n) is 3.53.